The number of aromatic nitrogens is 1. The van der Waals surface area contributed by atoms with Crippen molar-refractivity contribution < 1.29 is 4.74 Å². The van der Waals surface area contributed by atoms with Crippen molar-refractivity contribution in [3.05, 3.63) is 63.5 Å². The Morgan fingerprint density at radius 3 is 2.46 bits per heavy atom. The van der Waals surface area contributed by atoms with E-state index in [4.69, 9.17) is 4.74 Å². The Kier molecular flexibility index (Phi) is 6.07. The highest BCUT2D eigenvalue weighted by molar-refractivity contribution is 7.12. The molecule has 1 aromatic heterocycles. The molecule has 6 heteroatoms. The van der Waals surface area contributed by atoms with Gasteiger partial charge in [0, 0.05) is 10.9 Å². The van der Waals surface area contributed by atoms with Gasteiger partial charge in [0.25, 0.3) is 0 Å². The summed E-state index contributed by atoms with van der Waals surface area (Å²) < 4.78 is 5.47. The van der Waals surface area contributed by atoms with Crippen LogP contribution in [-0.4, -0.2) is 17.3 Å². The van der Waals surface area contributed by atoms with E-state index in [1.165, 1.54) is 16.9 Å². The summed E-state index contributed by atoms with van der Waals surface area (Å²) in [4.78, 5) is 4.58. The number of hydrogen-bond acceptors (Lipinski definition) is 6. The van der Waals surface area contributed by atoms with Gasteiger partial charge >= 0.3 is 0 Å². The number of nitriles is 1. The van der Waals surface area contributed by atoms with Crippen LogP contribution in [0, 0.1) is 32.1 Å². The topological polar surface area (TPSA) is 70.3 Å². The van der Waals surface area contributed by atoms with E-state index in [2.05, 4.69) is 40.6 Å². The molecule has 5 nitrogen and oxygen atoms in total. The van der Waals surface area contributed by atoms with Gasteiger partial charge in [0.2, 0.25) is 0 Å². The van der Waals surface area contributed by atoms with Gasteiger partial charge < -0.3 is 4.74 Å². The Hall–Kier alpha value is -3.17. The van der Waals surface area contributed by atoms with Gasteiger partial charge in [-0.3, -0.25) is 5.43 Å². The van der Waals surface area contributed by atoms with Gasteiger partial charge in [0.1, 0.15) is 11.8 Å². The molecule has 0 aliphatic rings. The van der Waals surface area contributed by atoms with Crippen molar-refractivity contribution in [3.8, 4) is 23.1 Å². The lowest BCUT2D eigenvalue weighted by molar-refractivity contribution is 0.340. The van der Waals surface area contributed by atoms with Crippen LogP contribution < -0.4 is 10.2 Å². The maximum Gasteiger partial charge on any atom is 0.196 e. The summed E-state index contributed by atoms with van der Waals surface area (Å²) in [7, 11) is 0. The van der Waals surface area contributed by atoms with Crippen LogP contribution in [0.5, 0.6) is 5.75 Å². The predicted molar refractivity (Wildman–Crippen MR) is 115 cm³/mol. The highest BCUT2D eigenvalue weighted by atomic mass is 32.1. The molecule has 2 aromatic carbocycles. The number of hydrazone groups is 1. The first-order valence-corrected chi connectivity index (χ1v) is 9.90. The molecule has 1 heterocycles. The van der Waals surface area contributed by atoms with E-state index in [1.54, 1.807) is 0 Å². The third-order valence-corrected chi connectivity index (χ3v) is 5.08. The average Bonchev–Trinajstić information content (AvgIpc) is 3.15. The molecule has 0 atom stereocenters. The van der Waals surface area contributed by atoms with Crippen molar-refractivity contribution in [2.45, 2.75) is 27.7 Å². The van der Waals surface area contributed by atoms with E-state index in [0.717, 1.165) is 33.8 Å². The number of thiazole rings is 1. The van der Waals surface area contributed by atoms with Crippen molar-refractivity contribution in [1.29, 1.82) is 5.26 Å². The highest BCUT2D eigenvalue weighted by Gasteiger charge is 2.11. The molecule has 0 amide bonds. The molecule has 0 aliphatic heterocycles. The van der Waals surface area contributed by atoms with Crippen LogP contribution in [0.4, 0.5) is 5.69 Å². The zero-order valence-electron chi connectivity index (χ0n) is 16.4. The molecule has 0 saturated heterocycles. The molecule has 0 radical (unpaired) electrons. The summed E-state index contributed by atoms with van der Waals surface area (Å²) in [5.74, 6) is 0.828. The van der Waals surface area contributed by atoms with Gasteiger partial charge in [-0.05, 0) is 63.1 Å². The fraction of sp³-hybridized carbons (Fsp3) is 0.227. The summed E-state index contributed by atoms with van der Waals surface area (Å²) in [5, 5.41) is 16.4. The smallest absolute Gasteiger partial charge is 0.196 e. The molecule has 0 bridgehead atoms. The molecular weight excluding hydrogens is 368 g/mol. The van der Waals surface area contributed by atoms with Crippen LogP contribution in [0.2, 0.25) is 0 Å². The molecule has 1 N–H and O–H groups in total. The first-order chi connectivity index (χ1) is 13.5. The van der Waals surface area contributed by atoms with Crippen LogP contribution in [0.3, 0.4) is 0 Å². The van der Waals surface area contributed by atoms with Crippen molar-refractivity contribution in [2.24, 2.45) is 5.10 Å². The van der Waals surface area contributed by atoms with Crippen molar-refractivity contribution >= 4 is 22.7 Å². The van der Waals surface area contributed by atoms with Crippen molar-refractivity contribution in [1.82, 2.24) is 4.98 Å². The third-order valence-electron chi connectivity index (χ3n) is 4.23. The Bertz CT molecular complexity index is 1020. The number of ether oxygens (including phenoxy) is 1. The quantitative estimate of drug-likeness (QED) is 0.447. The van der Waals surface area contributed by atoms with Crippen LogP contribution >= 0.6 is 11.3 Å². The van der Waals surface area contributed by atoms with Crippen molar-refractivity contribution in [3.63, 3.8) is 0 Å². The maximum absolute atomic E-state index is 9.54. The number of benzene rings is 2. The Labute approximate surface area is 169 Å². The first-order valence-electron chi connectivity index (χ1n) is 9.02. The fourth-order valence-electron chi connectivity index (χ4n) is 2.99. The second kappa shape index (κ2) is 8.68. The van der Waals surface area contributed by atoms with E-state index in [0.29, 0.717) is 11.6 Å². The van der Waals surface area contributed by atoms with Gasteiger partial charge in [-0.1, -0.05) is 17.7 Å². The minimum atomic E-state index is 0.265. The summed E-state index contributed by atoms with van der Waals surface area (Å²) in [5.41, 5.74) is 9.39. The third kappa shape index (κ3) is 4.38. The highest BCUT2D eigenvalue weighted by Crippen LogP contribution is 2.25. The molecule has 0 unspecified atom stereocenters. The average molecular weight is 391 g/mol. The van der Waals surface area contributed by atoms with Crippen molar-refractivity contribution in [2.75, 3.05) is 12.0 Å². The molecule has 142 valence electrons. The molecule has 0 fully saturated rings. The lowest BCUT2D eigenvalue weighted by atomic mass is 10.1. The zero-order chi connectivity index (χ0) is 20.1. The van der Waals surface area contributed by atoms with Crippen LogP contribution in [-0.2, 0) is 0 Å². The molecule has 28 heavy (non-hydrogen) atoms. The number of hydrogen-bond donors (Lipinski definition) is 1. The number of rotatable bonds is 6. The van der Waals surface area contributed by atoms with E-state index >= 15 is 0 Å². The standard InChI is InChI=1S/C22H22N4OS/c1-5-27-18-8-6-17(7-9-18)20-13-28-22(24-20)19(12-23)25-26-21-15(3)10-14(2)11-16(21)4/h6-11,13,26H,5H2,1-4H3/b25-19-. The Morgan fingerprint density at radius 2 is 1.86 bits per heavy atom. The SMILES string of the molecule is CCOc1ccc(-c2csc(/C(C#N)=N\Nc3c(C)cc(C)cc3C)n2)cc1. The van der Waals surface area contributed by atoms with E-state index in [1.807, 2.05) is 50.4 Å². The predicted octanol–water partition coefficient (Wildman–Crippen LogP) is 5.47. The van der Waals surface area contributed by atoms with Gasteiger partial charge in [0.05, 0.1) is 18.0 Å². The summed E-state index contributed by atoms with van der Waals surface area (Å²) in [6, 6.07) is 14.1. The molecule has 3 aromatic rings. The van der Waals surface area contributed by atoms with Gasteiger partial charge in [0.15, 0.2) is 10.7 Å². The second-order valence-electron chi connectivity index (χ2n) is 6.45. The minimum absolute atomic E-state index is 0.265. The van der Waals surface area contributed by atoms with E-state index in [-0.39, 0.29) is 5.71 Å². The largest absolute Gasteiger partial charge is 0.494 e. The summed E-state index contributed by atoms with van der Waals surface area (Å²) in [6.45, 7) is 8.70. The van der Waals surface area contributed by atoms with E-state index in [9.17, 15) is 5.26 Å². The van der Waals surface area contributed by atoms with Crippen LogP contribution in [0.25, 0.3) is 11.3 Å². The summed E-state index contributed by atoms with van der Waals surface area (Å²) in [6.07, 6.45) is 0. The lowest BCUT2D eigenvalue weighted by Crippen LogP contribution is -2.03. The second-order valence-corrected chi connectivity index (χ2v) is 7.31. The number of nitrogens with zero attached hydrogens (tertiary/aromatic N) is 3. The molecular formula is C22H22N4OS. The molecule has 0 saturated carbocycles. The number of anilines is 1. The zero-order valence-corrected chi connectivity index (χ0v) is 17.2. The van der Waals surface area contributed by atoms with E-state index < -0.39 is 0 Å². The minimum Gasteiger partial charge on any atom is -0.494 e. The lowest BCUT2D eigenvalue weighted by Gasteiger charge is -2.10. The maximum atomic E-state index is 9.54. The van der Waals surface area contributed by atoms with Crippen LogP contribution in [0.1, 0.15) is 28.6 Å². The fourth-order valence-corrected chi connectivity index (χ4v) is 3.76. The monoisotopic (exact) mass is 390 g/mol. The molecule has 0 spiro atoms. The van der Waals surface area contributed by atoms with Gasteiger partial charge in [-0.15, -0.1) is 11.3 Å². The molecule has 3 rings (SSSR count). The van der Waals surface area contributed by atoms with Gasteiger partial charge in [-0.25, -0.2) is 4.98 Å². The van der Waals surface area contributed by atoms with Gasteiger partial charge in [-0.2, -0.15) is 10.4 Å². The Balaban J connectivity index is 1.82. The molecule has 0 aliphatic carbocycles. The first kappa shape index (κ1) is 19.6. The van der Waals surface area contributed by atoms with Crippen LogP contribution in [0.15, 0.2) is 46.9 Å². The summed E-state index contributed by atoms with van der Waals surface area (Å²) >= 11 is 1.40. The normalized spacial score (nSPS) is 11.2. The number of aryl methyl sites for hydroxylation is 3. The number of nitrogens with one attached hydrogen (secondary N) is 1. The Morgan fingerprint density at radius 1 is 1.18 bits per heavy atom.